The van der Waals surface area contributed by atoms with Gasteiger partial charge >= 0.3 is 11.9 Å². The van der Waals surface area contributed by atoms with Gasteiger partial charge in [0, 0.05) is 0 Å². The first-order valence-electron chi connectivity index (χ1n) is 4.48. The molecular formula is C9H12O4. The molecule has 3 saturated carbocycles. The zero-order valence-corrected chi connectivity index (χ0v) is 7.19. The quantitative estimate of drug-likeness (QED) is 0.638. The fraction of sp³-hybridized carbons (Fsp3) is 0.778. The molecule has 0 amide bonds. The monoisotopic (exact) mass is 184 g/mol. The number of rotatable bonds is 4. The number of carboxylic acids is 2. The number of carbonyl (C=O) groups is 2. The lowest BCUT2D eigenvalue weighted by atomic mass is 9.42. The zero-order chi connectivity index (χ0) is 9.64. The minimum absolute atomic E-state index is 0.0894. The van der Waals surface area contributed by atoms with E-state index >= 15 is 0 Å². The Labute approximate surface area is 75.6 Å². The minimum Gasteiger partial charge on any atom is -0.481 e. The van der Waals surface area contributed by atoms with Crippen LogP contribution in [0.1, 0.15) is 25.7 Å². The highest BCUT2D eigenvalue weighted by Gasteiger charge is 2.58. The fourth-order valence-corrected chi connectivity index (χ4v) is 2.62. The summed E-state index contributed by atoms with van der Waals surface area (Å²) in [7, 11) is 0. The normalized spacial score (nSPS) is 35.0. The molecular weight excluding hydrogens is 172 g/mol. The van der Waals surface area contributed by atoms with Crippen molar-refractivity contribution < 1.29 is 19.8 Å². The maximum Gasteiger partial charge on any atom is 0.317 e. The van der Waals surface area contributed by atoms with Crippen molar-refractivity contribution >= 4 is 11.9 Å². The molecule has 0 unspecified atom stereocenters. The number of aliphatic carboxylic acids is 2. The highest BCUT2D eigenvalue weighted by atomic mass is 16.4. The second kappa shape index (κ2) is 2.47. The van der Waals surface area contributed by atoms with Crippen LogP contribution in [-0.2, 0) is 9.59 Å². The molecule has 0 atom stereocenters. The Balaban J connectivity index is 1.96. The molecule has 0 radical (unpaired) electrons. The molecule has 3 fully saturated rings. The molecule has 0 heterocycles. The minimum atomic E-state index is -1.20. The summed E-state index contributed by atoms with van der Waals surface area (Å²) in [6.45, 7) is 0. The summed E-state index contributed by atoms with van der Waals surface area (Å²) < 4.78 is 0. The molecule has 0 saturated heterocycles. The van der Waals surface area contributed by atoms with Gasteiger partial charge in [0.25, 0.3) is 0 Å². The van der Waals surface area contributed by atoms with Gasteiger partial charge in [-0.05, 0) is 37.0 Å². The van der Waals surface area contributed by atoms with Gasteiger partial charge in [0.2, 0.25) is 0 Å². The second-order valence-corrected chi connectivity index (χ2v) is 4.41. The van der Waals surface area contributed by atoms with Crippen molar-refractivity contribution in [2.45, 2.75) is 25.7 Å². The first-order valence-corrected chi connectivity index (χ1v) is 4.48. The lowest BCUT2D eigenvalue weighted by Crippen LogP contribution is -2.53. The van der Waals surface area contributed by atoms with E-state index in [-0.39, 0.29) is 5.41 Å². The third kappa shape index (κ3) is 1.20. The SMILES string of the molecule is O=C(O)C(CC12CC(C1)C2)C(=O)O. The Bertz CT molecular complexity index is 240. The van der Waals surface area contributed by atoms with E-state index in [1.165, 1.54) is 0 Å². The van der Waals surface area contributed by atoms with Gasteiger partial charge in [-0.2, -0.15) is 0 Å². The maximum atomic E-state index is 10.6. The van der Waals surface area contributed by atoms with Crippen LogP contribution in [0, 0.1) is 17.3 Å². The van der Waals surface area contributed by atoms with Crippen molar-refractivity contribution in [3.63, 3.8) is 0 Å². The standard InChI is InChI=1S/C9H12O4/c10-7(11)6(8(12)13)4-9-1-5(2-9)3-9/h5-6H,1-4H2,(H,10,11)(H,12,13). The summed E-state index contributed by atoms with van der Waals surface area (Å²) in [5.74, 6) is -2.82. The zero-order valence-electron chi connectivity index (χ0n) is 7.19. The van der Waals surface area contributed by atoms with Crippen LogP contribution >= 0.6 is 0 Å². The maximum absolute atomic E-state index is 10.6. The predicted molar refractivity (Wildman–Crippen MR) is 43.2 cm³/mol. The van der Waals surface area contributed by atoms with Gasteiger partial charge in [0.05, 0.1) is 0 Å². The van der Waals surface area contributed by atoms with E-state index in [4.69, 9.17) is 10.2 Å². The molecule has 0 aromatic heterocycles. The van der Waals surface area contributed by atoms with Crippen LogP contribution in [0.4, 0.5) is 0 Å². The Morgan fingerprint density at radius 2 is 1.69 bits per heavy atom. The average molecular weight is 184 g/mol. The van der Waals surface area contributed by atoms with Crippen LogP contribution in [-0.4, -0.2) is 22.2 Å². The Morgan fingerprint density at radius 1 is 1.23 bits per heavy atom. The summed E-state index contributed by atoms with van der Waals surface area (Å²) in [5, 5.41) is 17.3. The fourth-order valence-electron chi connectivity index (χ4n) is 2.62. The van der Waals surface area contributed by atoms with E-state index in [1.54, 1.807) is 0 Å². The second-order valence-electron chi connectivity index (χ2n) is 4.41. The van der Waals surface area contributed by atoms with Crippen LogP contribution in [0.15, 0.2) is 0 Å². The van der Waals surface area contributed by atoms with Gasteiger partial charge in [0.1, 0.15) is 0 Å². The summed E-state index contributed by atoms with van der Waals surface area (Å²) in [5.41, 5.74) is 0.0894. The first kappa shape index (κ1) is 8.53. The van der Waals surface area contributed by atoms with Crippen LogP contribution < -0.4 is 0 Å². The molecule has 72 valence electrons. The Kier molecular flexibility index (Phi) is 1.62. The molecule has 3 aliphatic rings. The van der Waals surface area contributed by atoms with E-state index in [9.17, 15) is 9.59 Å². The van der Waals surface area contributed by atoms with Crippen LogP contribution in [0.5, 0.6) is 0 Å². The Hall–Kier alpha value is -1.06. The van der Waals surface area contributed by atoms with E-state index in [2.05, 4.69) is 0 Å². The van der Waals surface area contributed by atoms with E-state index < -0.39 is 17.9 Å². The molecule has 0 aromatic carbocycles. The van der Waals surface area contributed by atoms with Crippen LogP contribution in [0.3, 0.4) is 0 Å². The summed E-state index contributed by atoms with van der Waals surface area (Å²) in [6.07, 6.45) is 3.46. The summed E-state index contributed by atoms with van der Waals surface area (Å²) in [6, 6.07) is 0. The summed E-state index contributed by atoms with van der Waals surface area (Å²) in [4.78, 5) is 21.2. The number of hydrogen-bond acceptors (Lipinski definition) is 2. The van der Waals surface area contributed by atoms with Crippen molar-refractivity contribution in [2.75, 3.05) is 0 Å². The number of hydrogen-bond donors (Lipinski definition) is 2. The predicted octanol–water partition coefficient (Wildman–Crippen LogP) is 0.962. The highest BCUT2D eigenvalue weighted by molar-refractivity contribution is 5.92. The first-order chi connectivity index (χ1) is 6.02. The van der Waals surface area contributed by atoms with E-state index in [0.717, 1.165) is 25.2 Å². The molecule has 13 heavy (non-hydrogen) atoms. The molecule has 4 nitrogen and oxygen atoms in total. The van der Waals surface area contributed by atoms with Crippen molar-refractivity contribution in [1.82, 2.24) is 0 Å². The molecule has 2 bridgehead atoms. The number of carboxylic acid groups (broad SMARTS) is 2. The molecule has 0 aliphatic heterocycles. The van der Waals surface area contributed by atoms with Gasteiger partial charge in [-0.15, -0.1) is 0 Å². The van der Waals surface area contributed by atoms with Crippen molar-refractivity contribution in [3.8, 4) is 0 Å². The van der Waals surface area contributed by atoms with Gasteiger partial charge in [-0.25, -0.2) is 0 Å². The van der Waals surface area contributed by atoms with Gasteiger partial charge in [-0.1, -0.05) is 0 Å². The third-order valence-corrected chi connectivity index (χ3v) is 3.40. The lowest BCUT2D eigenvalue weighted by molar-refractivity contribution is -0.167. The average Bonchev–Trinajstić information content (AvgIpc) is 1.79. The summed E-state index contributed by atoms with van der Waals surface area (Å²) >= 11 is 0. The van der Waals surface area contributed by atoms with Gasteiger partial charge in [-0.3, -0.25) is 9.59 Å². The Morgan fingerprint density at radius 3 is 1.92 bits per heavy atom. The molecule has 3 rings (SSSR count). The topological polar surface area (TPSA) is 74.6 Å². The van der Waals surface area contributed by atoms with E-state index in [1.807, 2.05) is 0 Å². The van der Waals surface area contributed by atoms with Crippen LogP contribution in [0.25, 0.3) is 0 Å². The van der Waals surface area contributed by atoms with E-state index in [0.29, 0.717) is 6.42 Å². The molecule has 2 N–H and O–H groups in total. The third-order valence-electron chi connectivity index (χ3n) is 3.40. The molecule has 0 aromatic rings. The highest BCUT2D eigenvalue weighted by Crippen LogP contribution is 2.67. The van der Waals surface area contributed by atoms with Gasteiger partial charge < -0.3 is 10.2 Å². The van der Waals surface area contributed by atoms with Crippen LogP contribution in [0.2, 0.25) is 0 Å². The lowest BCUT2D eigenvalue weighted by Gasteiger charge is -2.62. The smallest absolute Gasteiger partial charge is 0.317 e. The van der Waals surface area contributed by atoms with Crippen molar-refractivity contribution in [2.24, 2.45) is 17.3 Å². The molecule has 0 spiro atoms. The van der Waals surface area contributed by atoms with Gasteiger partial charge in [0.15, 0.2) is 5.92 Å². The molecule has 4 heteroatoms. The molecule has 3 aliphatic carbocycles. The largest absolute Gasteiger partial charge is 0.481 e. The van der Waals surface area contributed by atoms with Crippen molar-refractivity contribution in [1.29, 1.82) is 0 Å². The van der Waals surface area contributed by atoms with Crippen molar-refractivity contribution in [3.05, 3.63) is 0 Å².